The van der Waals surface area contributed by atoms with Crippen molar-refractivity contribution >= 4 is 11.6 Å². The number of aryl methyl sites for hydroxylation is 1. The van der Waals surface area contributed by atoms with Crippen LogP contribution in [-0.4, -0.2) is 17.1 Å². The van der Waals surface area contributed by atoms with Gasteiger partial charge in [0.25, 0.3) is 0 Å². The van der Waals surface area contributed by atoms with Gasteiger partial charge in [0.15, 0.2) is 11.5 Å². The third-order valence-electron chi connectivity index (χ3n) is 2.70. The first-order valence-corrected chi connectivity index (χ1v) is 6.83. The van der Waals surface area contributed by atoms with Crippen LogP contribution in [0.4, 0.5) is 0 Å². The van der Waals surface area contributed by atoms with Crippen LogP contribution in [0.5, 0.6) is 17.4 Å². The second kappa shape index (κ2) is 6.91. The van der Waals surface area contributed by atoms with Crippen LogP contribution in [0.15, 0.2) is 24.3 Å². The molecule has 0 atom stereocenters. The average Bonchev–Trinajstić information content (AvgIpc) is 2.47. The number of aromatic nitrogens is 2. The van der Waals surface area contributed by atoms with Gasteiger partial charge in [-0.15, -0.1) is 0 Å². The summed E-state index contributed by atoms with van der Waals surface area (Å²) in [7, 11) is 1.51. The molecule has 0 radical (unpaired) electrons. The zero-order valence-electron chi connectivity index (χ0n) is 11.8. The van der Waals surface area contributed by atoms with Gasteiger partial charge in [0.1, 0.15) is 11.0 Å². The average molecular weight is 304 g/mol. The summed E-state index contributed by atoms with van der Waals surface area (Å²) in [6, 6.07) is 8.49. The summed E-state index contributed by atoms with van der Waals surface area (Å²) >= 11 is 5.97. The van der Waals surface area contributed by atoms with E-state index in [9.17, 15) is 0 Å². The highest BCUT2D eigenvalue weighted by Crippen LogP contribution is 2.32. The number of hydrogen-bond acceptors (Lipinski definition) is 5. The first-order valence-electron chi connectivity index (χ1n) is 6.45. The Balaban J connectivity index is 2.31. The highest BCUT2D eigenvalue weighted by Gasteiger charge is 2.10. The summed E-state index contributed by atoms with van der Waals surface area (Å²) in [4.78, 5) is 8.43. The molecule has 0 N–H and O–H groups in total. The van der Waals surface area contributed by atoms with Crippen molar-refractivity contribution in [2.24, 2.45) is 0 Å². The predicted octanol–water partition coefficient (Wildman–Crippen LogP) is 3.76. The van der Waals surface area contributed by atoms with Crippen molar-refractivity contribution in [3.8, 4) is 23.4 Å². The van der Waals surface area contributed by atoms with Crippen LogP contribution in [0, 0.1) is 11.3 Å². The van der Waals surface area contributed by atoms with E-state index in [0.29, 0.717) is 33.9 Å². The van der Waals surface area contributed by atoms with Gasteiger partial charge in [-0.05, 0) is 18.6 Å². The Labute approximate surface area is 128 Å². The van der Waals surface area contributed by atoms with Gasteiger partial charge in [0, 0.05) is 18.6 Å². The van der Waals surface area contributed by atoms with E-state index >= 15 is 0 Å². The monoisotopic (exact) mass is 303 g/mol. The maximum Gasteiger partial charge on any atom is 0.224 e. The minimum atomic E-state index is 0.330. The number of methoxy groups -OCH3 is 1. The maximum absolute atomic E-state index is 8.89. The maximum atomic E-state index is 8.89. The minimum absolute atomic E-state index is 0.330. The number of nitrogens with zero attached hydrogens (tertiary/aromatic N) is 3. The molecule has 6 heteroatoms. The van der Waals surface area contributed by atoms with E-state index in [-0.39, 0.29) is 0 Å². The van der Waals surface area contributed by atoms with E-state index in [0.717, 1.165) is 12.8 Å². The van der Waals surface area contributed by atoms with E-state index in [1.54, 1.807) is 24.3 Å². The lowest BCUT2D eigenvalue weighted by Crippen LogP contribution is -1.98. The molecule has 0 fully saturated rings. The lowest BCUT2D eigenvalue weighted by Gasteiger charge is -2.10. The standard InChI is InChI=1S/C15H14ClN3O2/c1-3-4-14-18-13(16)8-15(19-14)21-11-6-5-10(9-17)7-12(11)20-2/h5-8H,3-4H2,1-2H3. The van der Waals surface area contributed by atoms with Crippen molar-refractivity contribution in [1.82, 2.24) is 9.97 Å². The van der Waals surface area contributed by atoms with E-state index in [1.165, 1.54) is 7.11 Å². The van der Waals surface area contributed by atoms with E-state index in [1.807, 2.05) is 13.0 Å². The topological polar surface area (TPSA) is 68.0 Å². The summed E-state index contributed by atoms with van der Waals surface area (Å²) in [6.45, 7) is 2.04. The minimum Gasteiger partial charge on any atom is -0.493 e. The number of benzene rings is 1. The number of rotatable bonds is 5. The highest BCUT2D eigenvalue weighted by molar-refractivity contribution is 6.29. The fourth-order valence-corrected chi connectivity index (χ4v) is 1.95. The van der Waals surface area contributed by atoms with Gasteiger partial charge in [0.05, 0.1) is 18.7 Å². The number of ether oxygens (including phenoxy) is 2. The molecule has 0 aliphatic heterocycles. The van der Waals surface area contributed by atoms with Gasteiger partial charge in [-0.25, -0.2) is 4.98 Å². The molecule has 0 saturated carbocycles. The molecule has 0 bridgehead atoms. The number of nitriles is 1. The lowest BCUT2D eigenvalue weighted by atomic mass is 10.2. The van der Waals surface area contributed by atoms with Gasteiger partial charge < -0.3 is 9.47 Å². The summed E-state index contributed by atoms with van der Waals surface area (Å²) in [5.74, 6) is 1.91. The van der Waals surface area contributed by atoms with E-state index < -0.39 is 0 Å². The fraction of sp³-hybridized carbons (Fsp3) is 0.267. The van der Waals surface area contributed by atoms with Crippen LogP contribution in [0.25, 0.3) is 0 Å². The Morgan fingerprint density at radius 1 is 1.24 bits per heavy atom. The Morgan fingerprint density at radius 2 is 2.05 bits per heavy atom. The third-order valence-corrected chi connectivity index (χ3v) is 2.89. The van der Waals surface area contributed by atoms with Gasteiger partial charge in [-0.2, -0.15) is 10.2 Å². The SMILES string of the molecule is CCCc1nc(Cl)cc(Oc2ccc(C#N)cc2OC)n1. The molecule has 1 aromatic carbocycles. The molecule has 1 heterocycles. The van der Waals surface area contributed by atoms with Gasteiger partial charge in [0.2, 0.25) is 5.88 Å². The first-order chi connectivity index (χ1) is 10.2. The van der Waals surface area contributed by atoms with Crippen LogP contribution in [0.3, 0.4) is 0 Å². The second-order valence-corrected chi connectivity index (χ2v) is 4.66. The highest BCUT2D eigenvalue weighted by atomic mass is 35.5. The zero-order chi connectivity index (χ0) is 15.2. The molecule has 0 amide bonds. The van der Waals surface area contributed by atoms with Crippen LogP contribution >= 0.6 is 11.6 Å². The van der Waals surface area contributed by atoms with Gasteiger partial charge in [-0.3, -0.25) is 0 Å². The van der Waals surface area contributed by atoms with Crippen molar-refractivity contribution in [3.05, 3.63) is 40.8 Å². The van der Waals surface area contributed by atoms with Crippen molar-refractivity contribution in [2.75, 3.05) is 7.11 Å². The summed E-state index contributed by atoms with van der Waals surface area (Å²) in [6.07, 6.45) is 1.64. The molecule has 5 nitrogen and oxygen atoms in total. The summed E-state index contributed by atoms with van der Waals surface area (Å²) in [5.41, 5.74) is 0.492. The molecule has 0 unspecified atom stereocenters. The number of halogens is 1. The van der Waals surface area contributed by atoms with Crippen LogP contribution < -0.4 is 9.47 Å². The van der Waals surface area contributed by atoms with Crippen molar-refractivity contribution in [2.45, 2.75) is 19.8 Å². The van der Waals surface area contributed by atoms with Gasteiger partial charge >= 0.3 is 0 Å². The van der Waals surface area contributed by atoms with Crippen LogP contribution in [0.2, 0.25) is 5.15 Å². The van der Waals surface area contributed by atoms with Crippen LogP contribution in [0.1, 0.15) is 24.7 Å². The zero-order valence-corrected chi connectivity index (χ0v) is 12.5. The molecule has 2 aromatic rings. The molecule has 108 valence electrons. The summed E-state index contributed by atoms with van der Waals surface area (Å²) in [5, 5.41) is 9.22. The molecule has 21 heavy (non-hydrogen) atoms. The quantitative estimate of drug-likeness (QED) is 0.787. The van der Waals surface area contributed by atoms with E-state index in [2.05, 4.69) is 9.97 Å². The first kappa shape index (κ1) is 15.1. The van der Waals surface area contributed by atoms with Crippen LogP contribution in [-0.2, 0) is 6.42 Å². The third kappa shape index (κ3) is 3.83. The normalized spacial score (nSPS) is 10.0. The number of hydrogen-bond donors (Lipinski definition) is 0. The smallest absolute Gasteiger partial charge is 0.224 e. The predicted molar refractivity (Wildman–Crippen MR) is 78.8 cm³/mol. The molecule has 0 aliphatic carbocycles. The molecular weight excluding hydrogens is 290 g/mol. The lowest BCUT2D eigenvalue weighted by molar-refractivity contribution is 0.373. The van der Waals surface area contributed by atoms with E-state index in [4.69, 9.17) is 26.3 Å². The van der Waals surface area contributed by atoms with Gasteiger partial charge in [-0.1, -0.05) is 18.5 Å². The second-order valence-electron chi connectivity index (χ2n) is 4.27. The van der Waals surface area contributed by atoms with Crippen molar-refractivity contribution in [3.63, 3.8) is 0 Å². The Bertz CT molecular complexity index is 683. The molecule has 0 saturated heterocycles. The summed E-state index contributed by atoms with van der Waals surface area (Å²) < 4.78 is 10.9. The molecule has 0 aliphatic rings. The Hall–Kier alpha value is -2.32. The Morgan fingerprint density at radius 3 is 2.71 bits per heavy atom. The molecule has 0 spiro atoms. The fourth-order valence-electron chi connectivity index (χ4n) is 1.76. The molecule has 1 aromatic heterocycles. The molecule has 2 rings (SSSR count). The molecular formula is C15H14ClN3O2. The largest absolute Gasteiger partial charge is 0.493 e. The Kier molecular flexibility index (Phi) is 4.96. The van der Waals surface area contributed by atoms with Crippen molar-refractivity contribution < 1.29 is 9.47 Å². The van der Waals surface area contributed by atoms with Crippen molar-refractivity contribution in [1.29, 1.82) is 5.26 Å².